The van der Waals surface area contributed by atoms with Gasteiger partial charge in [0.25, 0.3) is 5.91 Å². The first-order valence-corrected chi connectivity index (χ1v) is 8.75. The van der Waals surface area contributed by atoms with Crippen molar-refractivity contribution in [2.75, 3.05) is 13.1 Å². The van der Waals surface area contributed by atoms with E-state index in [9.17, 15) is 4.79 Å². The number of amidine groups is 3. The first kappa shape index (κ1) is 15.2. The van der Waals surface area contributed by atoms with E-state index in [0.717, 1.165) is 36.9 Å². The van der Waals surface area contributed by atoms with Gasteiger partial charge >= 0.3 is 0 Å². The van der Waals surface area contributed by atoms with Crippen molar-refractivity contribution in [3.8, 4) is 0 Å². The van der Waals surface area contributed by atoms with Crippen molar-refractivity contribution in [3.05, 3.63) is 29.2 Å². The summed E-state index contributed by atoms with van der Waals surface area (Å²) in [5, 5.41) is 15.6. The lowest BCUT2D eigenvalue weighted by Gasteiger charge is -2.26. The molecule has 0 radical (unpaired) electrons. The number of hydrogen-bond acceptors (Lipinski definition) is 6. The van der Waals surface area contributed by atoms with Gasteiger partial charge in [-0.3, -0.25) is 10.2 Å². The number of likely N-dealkylation sites (tertiary alicyclic amines) is 1. The third-order valence-electron chi connectivity index (χ3n) is 4.12. The molecule has 4 rings (SSSR count). The average molecular weight is 343 g/mol. The zero-order valence-electron chi connectivity index (χ0n) is 13.3. The number of aryl methyl sites for hydroxylation is 1. The topological polar surface area (TPSA) is 85.3 Å². The molecule has 3 aliphatic heterocycles. The summed E-state index contributed by atoms with van der Waals surface area (Å²) >= 11 is 1.36. The quantitative estimate of drug-likeness (QED) is 0.792. The fourth-order valence-electron chi connectivity index (χ4n) is 2.87. The van der Waals surface area contributed by atoms with Gasteiger partial charge in [0, 0.05) is 13.1 Å². The monoisotopic (exact) mass is 343 g/mol. The number of nitrogens with one attached hydrogen (secondary N) is 1. The van der Waals surface area contributed by atoms with E-state index in [0.29, 0.717) is 10.9 Å². The Morgan fingerprint density at radius 1 is 1.25 bits per heavy atom. The fourth-order valence-corrected chi connectivity index (χ4v) is 3.81. The summed E-state index contributed by atoms with van der Waals surface area (Å²) < 4.78 is 5.47. The molecule has 0 spiro atoms. The van der Waals surface area contributed by atoms with Gasteiger partial charge in [-0.15, -0.1) is 5.10 Å². The minimum atomic E-state index is -0.428. The Morgan fingerprint density at radius 2 is 2.04 bits per heavy atom. The molecule has 1 amide bonds. The summed E-state index contributed by atoms with van der Waals surface area (Å²) in [7, 11) is 0. The normalized spacial score (nSPS) is 22.8. The van der Waals surface area contributed by atoms with Crippen LogP contribution >= 0.6 is 11.8 Å². The van der Waals surface area contributed by atoms with E-state index in [4.69, 9.17) is 9.83 Å². The number of furan rings is 1. The summed E-state index contributed by atoms with van der Waals surface area (Å²) in [6.07, 6.45) is 5.08. The molecule has 1 fully saturated rings. The molecule has 8 heteroatoms. The van der Waals surface area contributed by atoms with Crippen LogP contribution in [-0.2, 0) is 4.79 Å². The maximum Gasteiger partial charge on any atom is 0.283 e. The van der Waals surface area contributed by atoms with E-state index in [1.54, 1.807) is 12.1 Å². The van der Waals surface area contributed by atoms with Crippen LogP contribution in [0.4, 0.5) is 0 Å². The molecule has 1 aromatic rings. The van der Waals surface area contributed by atoms with E-state index in [2.05, 4.69) is 15.0 Å². The zero-order chi connectivity index (χ0) is 16.7. The van der Waals surface area contributed by atoms with Crippen LogP contribution in [0.5, 0.6) is 0 Å². The number of rotatable bonds is 1. The molecule has 3 aliphatic rings. The average Bonchev–Trinajstić information content (AvgIpc) is 3.18. The molecule has 0 bridgehead atoms. The molecule has 0 aliphatic carbocycles. The molecule has 4 heterocycles. The lowest BCUT2D eigenvalue weighted by molar-refractivity contribution is -0.114. The zero-order valence-corrected chi connectivity index (χ0v) is 14.1. The number of amides is 1. The summed E-state index contributed by atoms with van der Waals surface area (Å²) in [5.41, 5.74) is 0.192. The van der Waals surface area contributed by atoms with Crippen LogP contribution in [0.15, 0.2) is 32.2 Å². The maximum atomic E-state index is 12.3. The van der Waals surface area contributed by atoms with Crippen LogP contribution in [0.3, 0.4) is 0 Å². The number of nitrogens with zero attached hydrogens (tertiary/aromatic N) is 4. The molecule has 1 N–H and O–H groups in total. The summed E-state index contributed by atoms with van der Waals surface area (Å²) in [4.78, 5) is 18.6. The van der Waals surface area contributed by atoms with Gasteiger partial charge in [0.05, 0.1) is 5.57 Å². The molecule has 1 aromatic heterocycles. The van der Waals surface area contributed by atoms with Crippen molar-refractivity contribution in [2.24, 2.45) is 10.1 Å². The second kappa shape index (κ2) is 5.94. The second-order valence-corrected chi connectivity index (χ2v) is 6.83. The number of carbonyl (C=O) groups excluding carboxylic acids is 1. The Kier molecular flexibility index (Phi) is 3.76. The summed E-state index contributed by atoms with van der Waals surface area (Å²) in [6, 6.07) is 3.58. The minimum absolute atomic E-state index is 0.0403. The van der Waals surface area contributed by atoms with Gasteiger partial charge in [0.2, 0.25) is 5.17 Å². The molecular weight excluding hydrogens is 326 g/mol. The molecule has 0 atom stereocenters. The van der Waals surface area contributed by atoms with Crippen LogP contribution in [-0.4, -0.2) is 45.1 Å². The fraction of sp³-hybridized carbons (Fsp3) is 0.375. The SMILES string of the molecule is Cc1ccc(/C=C2/C(=N)N3N=C(N4CCCCC4)SC3=NC2=O)o1. The first-order valence-electron chi connectivity index (χ1n) is 7.93. The highest BCUT2D eigenvalue weighted by molar-refractivity contribution is 8.26. The van der Waals surface area contributed by atoms with Crippen LogP contribution in [0.2, 0.25) is 0 Å². The summed E-state index contributed by atoms with van der Waals surface area (Å²) in [5.74, 6) is 0.899. The minimum Gasteiger partial charge on any atom is -0.462 e. The predicted molar refractivity (Wildman–Crippen MR) is 93.9 cm³/mol. The van der Waals surface area contributed by atoms with Gasteiger partial charge in [0.1, 0.15) is 11.5 Å². The Hall–Kier alpha value is -2.35. The van der Waals surface area contributed by atoms with Crippen LogP contribution in [0, 0.1) is 12.3 Å². The lowest BCUT2D eigenvalue weighted by Crippen LogP contribution is -2.35. The number of carbonyl (C=O) groups is 1. The molecule has 0 unspecified atom stereocenters. The lowest BCUT2D eigenvalue weighted by atomic mass is 10.1. The second-order valence-electron chi connectivity index (χ2n) is 5.90. The highest BCUT2D eigenvalue weighted by atomic mass is 32.2. The number of hydrazone groups is 1. The standard InChI is InChI=1S/C16H17N5O2S/c1-10-5-6-11(23-10)9-12-13(17)21-15(18-14(12)22)24-16(19-21)20-7-3-2-4-8-20/h5-6,9,17H,2-4,7-8H2,1H3/b12-9-,17-13?. The van der Waals surface area contributed by atoms with Crippen molar-refractivity contribution < 1.29 is 9.21 Å². The van der Waals surface area contributed by atoms with Crippen molar-refractivity contribution in [3.63, 3.8) is 0 Å². The van der Waals surface area contributed by atoms with Crippen molar-refractivity contribution in [1.82, 2.24) is 9.91 Å². The van der Waals surface area contributed by atoms with Crippen LogP contribution in [0.1, 0.15) is 30.8 Å². The predicted octanol–water partition coefficient (Wildman–Crippen LogP) is 2.65. The number of aliphatic imine (C=N–C) groups is 1. The van der Waals surface area contributed by atoms with Crippen molar-refractivity contribution >= 4 is 39.9 Å². The number of piperidine rings is 1. The van der Waals surface area contributed by atoms with Crippen LogP contribution in [0.25, 0.3) is 6.08 Å². The Morgan fingerprint density at radius 3 is 2.75 bits per heavy atom. The van der Waals surface area contributed by atoms with Crippen molar-refractivity contribution in [1.29, 1.82) is 5.41 Å². The molecule has 0 aromatic carbocycles. The Bertz CT molecular complexity index is 801. The maximum absolute atomic E-state index is 12.3. The molecular formula is C16H17N5O2S. The number of hydrogen-bond donors (Lipinski definition) is 1. The van der Waals surface area contributed by atoms with Gasteiger partial charge < -0.3 is 9.32 Å². The molecule has 0 saturated carbocycles. The van der Waals surface area contributed by atoms with E-state index in [-0.39, 0.29) is 11.4 Å². The Balaban J connectivity index is 1.62. The third-order valence-corrected chi connectivity index (χ3v) is 5.09. The molecule has 7 nitrogen and oxygen atoms in total. The van der Waals surface area contributed by atoms with Gasteiger partial charge in [-0.1, -0.05) is 0 Å². The van der Waals surface area contributed by atoms with E-state index in [1.807, 2.05) is 13.0 Å². The Labute approximate surface area is 143 Å². The van der Waals surface area contributed by atoms with Crippen LogP contribution < -0.4 is 0 Å². The highest BCUT2D eigenvalue weighted by Crippen LogP contribution is 2.30. The van der Waals surface area contributed by atoms with Gasteiger partial charge in [-0.2, -0.15) is 10.0 Å². The smallest absolute Gasteiger partial charge is 0.283 e. The molecule has 124 valence electrons. The first-order chi connectivity index (χ1) is 11.6. The number of fused-ring (bicyclic) bond motifs is 1. The third kappa shape index (κ3) is 2.66. The van der Waals surface area contributed by atoms with Gasteiger partial charge in [0.15, 0.2) is 11.0 Å². The van der Waals surface area contributed by atoms with E-state index >= 15 is 0 Å². The largest absolute Gasteiger partial charge is 0.462 e. The molecule has 24 heavy (non-hydrogen) atoms. The summed E-state index contributed by atoms with van der Waals surface area (Å²) in [6.45, 7) is 3.75. The van der Waals surface area contributed by atoms with Crippen molar-refractivity contribution in [2.45, 2.75) is 26.2 Å². The van der Waals surface area contributed by atoms with E-state index < -0.39 is 5.91 Å². The molecule has 1 saturated heterocycles. The van der Waals surface area contributed by atoms with Gasteiger partial charge in [-0.05, 0) is 56.2 Å². The van der Waals surface area contributed by atoms with E-state index in [1.165, 1.54) is 23.2 Å². The van der Waals surface area contributed by atoms with Gasteiger partial charge in [-0.25, -0.2) is 0 Å². The number of thioether (sulfide) groups is 1. The highest BCUT2D eigenvalue weighted by Gasteiger charge is 2.37.